The average molecular weight is 122 g/mol. The Balaban J connectivity index is 3.46. The van der Waals surface area contributed by atoms with Gasteiger partial charge in [0.1, 0.15) is 0 Å². The van der Waals surface area contributed by atoms with Gasteiger partial charge in [-0.3, -0.25) is 0 Å². The van der Waals surface area contributed by atoms with Gasteiger partial charge in [-0.15, -0.1) is 0 Å². The molecule has 0 nitrogen and oxygen atoms in total. The van der Waals surface area contributed by atoms with E-state index in [1.165, 1.54) is 0 Å². The summed E-state index contributed by atoms with van der Waals surface area (Å²) >= 11 is 2.45. The predicted molar refractivity (Wildman–Crippen MR) is 43.1 cm³/mol. The molecule has 2 heteroatoms. The van der Waals surface area contributed by atoms with Crippen molar-refractivity contribution in [1.82, 2.24) is 0 Å². The first-order valence-electron chi connectivity index (χ1n) is 3.55. The zero-order valence-electron chi connectivity index (χ0n) is 6.73. The molecular formula is C6H15LiSi. The van der Waals surface area contributed by atoms with Crippen LogP contribution in [0.15, 0.2) is 0 Å². The van der Waals surface area contributed by atoms with Crippen LogP contribution in [0.4, 0.5) is 0 Å². The standard InChI is InChI=1S/C6H15Si.Li/c1-5(2)7-6(3)4;/h5-7H,1-4H3;. The summed E-state index contributed by atoms with van der Waals surface area (Å²) in [6.07, 6.45) is 0. The van der Waals surface area contributed by atoms with Crippen LogP contribution in [-0.4, -0.2) is 24.2 Å². The van der Waals surface area contributed by atoms with Gasteiger partial charge in [0.2, 0.25) is 0 Å². The molecule has 0 rings (SSSR count). The van der Waals surface area contributed by atoms with Gasteiger partial charge in [0.25, 0.3) is 0 Å². The summed E-state index contributed by atoms with van der Waals surface area (Å²) in [7, 11) is -0.349. The summed E-state index contributed by atoms with van der Waals surface area (Å²) < 4.78 is 0. The Morgan fingerprint density at radius 1 is 1.00 bits per heavy atom. The molecule has 0 aliphatic heterocycles. The fourth-order valence-corrected chi connectivity index (χ4v) is 2.31. The van der Waals surface area contributed by atoms with Crippen LogP contribution >= 0.6 is 0 Å². The Morgan fingerprint density at radius 2 is 1.25 bits per heavy atom. The average Bonchev–Trinajstić information content (AvgIpc) is 1.64. The Labute approximate surface area is 63.2 Å². The molecule has 0 fully saturated rings. The van der Waals surface area contributed by atoms with Crippen molar-refractivity contribution in [2.45, 2.75) is 38.8 Å². The molecule has 0 N–H and O–H groups in total. The van der Waals surface area contributed by atoms with E-state index in [-0.39, 0.29) is 7.12 Å². The van der Waals surface area contributed by atoms with Crippen LogP contribution in [0.2, 0.25) is 11.1 Å². The quantitative estimate of drug-likeness (QED) is 0.489. The molecular weight excluding hydrogens is 107 g/mol. The fourth-order valence-electron chi connectivity index (χ4n) is 0.770. The maximum atomic E-state index is 2.45. The summed E-state index contributed by atoms with van der Waals surface area (Å²) in [5.41, 5.74) is 1.96. The summed E-state index contributed by atoms with van der Waals surface area (Å²) in [4.78, 5) is 0. The number of rotatable bonds is 2. The molecule has 0 heterocycles. The molecule has 0 aromatic carbocycles. The van der Waals surface area contributed by atoms with E-state index < -0.39 is 0 Å². The van der Waals surface area contributed by atoms with E-state index in [1.807, 2.05) is 0 Å². The van der Waals surface area contributed by atoms with E-state index in [1.54, 1.807) is 0 Å². The predicted octanol–water partition coefficient (Wildman–Crippen LogP) is 1.70. The first-order valence-corrected chi connectivity index (χ1v) is 6.04. The fraction of sp³-hybridized carbons (Fsp3) is 1.00. The Hall–Kier alpha value is 0.814. The van der Waals surface area contributed by atoms with Gasteiger partial charge in [0, 0.05) is 0 Å². The summed E-state index contributed by atoms with van der Waals surface area (Å²) in [5, 5.41) is 0. The van der Waals surface area contributed by atoms with Crippen molar-refractivity contribution in [2.75, 3.05) is 0 Å². The topological polar surface area (TPSA) is 0 Å². The van der Waals surface area contributed by atoms with Gasteiger partial charge in [-0.25, -0.2) is 0 Å². The molecule has 0 aliphatic rings. The Bertz CT molecular complexity index is 53.5. The SMILES string of the molecule is [Li][SiH](C(C)C)C(C)C. The van der Waals surface area contributed by atoms with Crippen molar-refractivity contribution in [1.29, 1.82) is 0 Å². The summed E-state index contributed by atoms with van der Waals surface area (Å²) in [5.74, 6) is 0. The summed E-state index contributed by atoms with van der Waals surface area (Å²) in [6.45, 7) is 9.38. The van der Waals surface area contributed by atoms with Crippen molar-refractivity contribution in [3.63, 3.8) is 0 Å². The van der Waals surface area contributed by atoms with Gasteiger partial charge in [-0.05, 0) is 0 Å². The zero-order valence-corrected chi connectivity index (χ0v) is 7.89. The first-order chi connectivity index (χ1) is 3.55. The molecule has 0 amide bonds. The third-order valence-electron chi connectivity index (χ3n) is 2.10. The van der Waals surface area contributed by atoms with Gasteiger partial charge in [0.15, 0.2) is 0 Å². The number of hydrogen-bond donors (Lipinski definition) is 0. The second-order valence-electron chi connectivity index (χ2n) is 3.35. The molecule has 0 unspecified atom stereocenters. The molecule has 0 saturated heterocycles. The van der Waals surface area contributed by atoms with E-state index >= 15 is 0 Å². The molecule has 8 heavy (non-hydrogen) atoms. The second kappa shape index (κ2) is 3.77. The van der Waals surface area contributed by atoms with Crippen LogP contribution in [-0.2, 0) is 0 Å². The van der Waals surface area contributed by atoms with E-state index in [0.717, 1.165) is 11.1 Å². The van der Waals surface area contributed by atoms with Crippen molar-refractivity contribution >= 4 is 24.2 Å². The first kappa shape index (κ1) is 8.81. The van der Waals surface area contributed by atoms with Crippen LogP contribution in [0.25, 0.3) is 0 Å². The van der Waals surface area contributed by atoms with Crippen LogP contribution in [0.1, 0.15) is 27.7 Å². The summed E-state index contributed by atoms with van der Waals surface area (Å²) in [6, 6.07) is 0. The Kier molecular flexibility index (Phi) is 4.15. The van der Waals surface area contributed by atoms with E-state index in [9.17, 15) is 0 Å². The van der Waals surface area contributed by atoms with Gasteiger partial charge in [0.05, 0.1) is 0 Å². The van der Waals surface area contributed by atoms with Gasteiger partial charge in [-0.1, -0.05) is 0 Å². The molecule has 0 bridgehead atoms. The van der Waals surface area contributed by atoms with Crippen molar-refractivity contribution in [3.8, 4) is 0 Å². The molecule has 0 aromatic heterocycles. The third kappa shape index (κ3) is 2.97. The van der Waals surface area contributed by atoms with Crippen molar-refractivity contribution in [3.05, 3.63) is 0 Å². The van der Waals surface area contributed by atoms with Crippen molar-refractivity contribution in [2.24, 2.45) is 0 Å². The number of hydrogen-bond acceptors (Lipinski definition) is 0. The maximum absolute atomic E-state index is 2.45. The minimum atomic E-state index is -0.349. The third-order valence-corrected chi connectivity index (χ3v) is 6.31. The molecule has 0 aliphatic carbocycles. The normalized spacial score (nSPS) is 12.1. The molecule has 0 aromatic rings. The van der Waals surface area contributed by atoms with Crippen LogP contribution in [0, 0.1) is 0 Å². The molecule has 0 spiro atoms. The van der Waals surface area contributed by atoms with E-state index in [2.05, 4.69) is 44.7 Å². The van der Waals surface area contributed by atoms with Gasteiger partial charge >= 0.3 is 62.9 Å². The zero-order chi connectivity index (χ0) is 6.73. The van der Waals surface area contributed by atoms with Gasteiger partial charge < -0.3 is 0 Å². The van der Waals surface area contributed by atoms with Crippen LogP contribution in [0.5, 0.6) is 0 Å². The van der Waals surface area contributed by atoms with Crippen LogP contribution < -0.4 is 0 Å². The van der Waals surface area contributed by atoms with Crippen LogP contribution in [0.3, 0.4) is 0 Å². The van der Waals surface area contributed by atoms with E-state index in [0.29, 0.717) is 0 Å². The van der Waals surface area contributed by atoms with Gasteiger partial charge in [-0.2, -0.15) is 0 Å². The minimum absolute atomic E-state index is 0.349. The molecule has 44 valence electrons. The molecule has 0 radical (unpaired) electrons. The Morgan fingerprint density at radius 3 is 1.25 bits per heavy atom. The second-order valence-corrected chi connectivity index (χ2v) is 7.73. The molecule has 0 saturated carbocycles. The molecule has 0 atom stereocenters. The monoisotopic (exact) mass is 122 g/mol. The van der Waals surface area contributed by atoms with Crippen molar-refractivity contribution < 1.29 is 0 Å². The van der Waals surface area contributed by atoms with E-state index in [4.69, 9.17) is 0 Å².